The Morgan fingerprint density at radius 1 is 0.455 bits per heavy atom. The molecule has 0 saturated carbocycles. The van der Waals surface area contributed by atoms with Gasteiger partial charge in [0.15, 0.2) is 34.5 Å². The predicted octanol–water partition coefficient (Wildman–Crippen LogP) is 13.0. The van der Waals surface area contributed by atoms with Crippen LogP contribution in [0.2, 0.25) is 0 Å². The number of alkyl halides is 4. The minimum atomic E-state index is -0.519. The summed E-state index contributed by atoms with van der Waals surface area (Å²) in [6, 6.07) is 12.5. The van der Waals surface area contributed by atoms with E-state index in [0.29, 0.717) is 0 Å². The second-order valence-electron chi connectivity index (χ2n) is 7.66. The van der Waals surface area contributed by atoms with E-state index in [1.807, 2.05) is 68.3 Å². The van der Waals surface area contributed by atoms with Crippen molar-refractivity contribution in [2.45, 2.75) is 29.4 Å². The Hall–Kier alpha value is 0.580. The average molecular weight is 833 g/mol. The van der Waals surface area contributed by atoms with Gasteiger partial charge in [-0.1, -0.05) is 68.3 Å². The molecule has 0 atom stereocenters. The Bertz CT molecular complexity index is 1230. The maximum absolute atomic E-state index is 5.67. The lowest BCUT2D eigenvalue weighted by Gasteiger charge is -2.17. The van der Waals surface area contributed by atoms with Crippen LogP contribution in [-0.4, -0.2) is 53.3 Å². The van der Waals surface area contributed by atoms with Crippen molar-refractivity contribution in [3.63, 3.8) is 0 Å². The zero-order valence-corrected chi connectivity index (χ0v) is 33.9. The monoisotopic (exact) mass is 830 g/mol. The summed E-state index contributed by atoms with van der Waals surface area (Å²) in [5, 5.41) is 0.389. The van der Waals surface area contributed by atoms with Crippen molar-refractivity contribution in [1.29, 1.82) is 0 Å². The third kappa shape index (κ3) is 10.3. The Labute approximate surface area is 305 Å². The molecule has 2 aliphatic heterocycles. The molecule has 0 bridgehead atoms. The number of halogens is 4. The summed E-state index contributed by atoms with van der Waals surface area (Å²) in [7, 11) is 10.1. The summed E-state index contributed by atoms with van der Waals surface area (Å²) < 4.78 is 33.4. The smallest absolute Gasteiger partial charge is 0.161 e. The standard InChI is InChI=1S/C24H24O6P2S6.2CH2Cl2/c1-25-13-7-19-20(8-14(13)26-2)34-31(33-19)37-23-11-17(29-5)18(30-6)12-24(23)38-32-35-21-9-15(27-3)16(28-4)10-22(21)36-32;2*2-1-3/h7-12H,1-6H3;2*1H2. The molecule has 0 unspecified atom stereocenters. The molecular formula is C26H28Cl4O6P2S6. The summed E-state index contributed by atoms with van der Waals surface area (Å²) >= 11 is 30.4. The molecule has 242 valence electrons. The molecule has 0 fully saturated rings. The molecule has 0 radical (unpaired) electrons. The first-order chi connectivity index (χ1) is 21.3. The largest absolute Gasteiger partial charge is 0.493 e. The van der Waals surface area contributed by atoms with Crippen LogP contribution in [0.3, 0.4) is 0 Å². The first-order valence-electron chi connectivity index (χ1n) is 12.0. The Balaban J connectivity index is 0.000000816. The number of benzene rings is 3. The maximum atomic E-state index is 5.67. The number of hydrogen-bond donors (Lipinski definition) is 0. The fourth-order valence-corrected chi connectivity index (χ4v) is 25.4. The lowest BCUT2D eigenvalue weighted by atomic mass is 10.3. The summed E-state index contributed by atoms with van der Waals surface area (Å²) in [4.78, 5) is 7.30. The van der Waals surface area contributed by atoms with Crippen LogP contribution in [-0.2, 0) is 0 Å². The van der Waals surface area contributed by atoms with Crippen molar-refractivity contribution in [3.05, 3.63) is 36.4 Å². The van der Waals surface area contributed by atoms with Crippen LogP contribution in [0.5, 0.6) is 34.5 Å². The van der Waals surface area contributed by atoms with E-state index in [4.69, 9.17) is 74.8 Å². The number of ether oxygens (including phenoxy) is 6. The van der Waals surface area contributed by atoms with Gasteiger partial charge < -0.3 is 28.4 Å². The highest BCUT2D eigenvalue weighted by Crippen LogP contribution is 2.85. The van der Waals surface area contributed by atoms with Gasteiger partial charge in [0.2, 0.25) is 0 Å². The molecule has 2 heterocycles. The van der Waals surface area contributed by atoms with Crippen LogP contribution >= 0.6 is 126 Å². The van der Waals surface area contributed by atoms with Crippen molar-refractivity contribution >= 4 is 126 Å². The van der Waals surface area contributed by atoms with Gasteiger partial charge in [0.25, 0.3) is 0 Å². The molecule has 0 saturated heterocycles. The number of methoxy groups -OCH3 is 6. The molecule has 0 spiro atoms. The third-order valence-electron chi connectivity index (χ3n) is 5.39. The van der Waals surface area contributed by atoms with Gasteiger partial charge in [-0.25, -0.2) is 0 Å². The second kappa shape index (κ2) is 20.2. The van der Waals surface area contributed by atoms with Crippen LogP contribution in [0.4, 0.5) is 0 Å². The van der Waals surface area contributed by atoms with Gasteiger partial charge in [0, 0.05) is 29.4 Å². The summed E-state index contributed by atoms with van der Waals surface area (Å²) in [6.07, 6.45) is 0. The second-order valence-corrected chi connectivity index (χ2v) is 27.9. The molecule has 3 aromatic rings. The van der Waals surface area contributed by atoms with E-state index in [1.165, 1.54) is 29.4 Å². The average Bonchev–Trinajstić information content (AvgIpc) is 3.62. The minimum absolute atomic E-state index is 0.194. The van der Waals surface area contributed by atoms with E-state index in [9.17, 15) is 0 Å². The number of rotatable bonds is 10. The first-order valence-corrected chi connectivity index (χ1v) is 25.4. The molecule has 5 rings (SSSR count). The lowest BCUT2D eigenvalue weighted by Crippen LogP contribution is -1.91. The van der Waals surface area contributed by atoms with Crippen LogP contribution in [0.25, 0.3) is 0 Å². The van der Waals surface area contributed by atoms with Crippen molar-refractivity contribution in [2.24, 2.45) is 0 Å². The molecule has 0 aromatic heterocycles. The zero-order valence-electron chi connectivity index (χ0n) is 24.2. The highest BCUT2D eigenvalue weighted by molar-refractivity contribution is 9.14. The minimum Gasteiger partial charge on any atom is -0.493 e. The zero-order chi connectivity index (χ0) is 32.2. The quantitative estimate of drug-likeness (QED) is 0.144. The highest BCUT2D eigenvalue weighted by Gasteiger charge is 2.31. The fourth-order valence-electron chi connectivity index (χ4n) is 3.55. The van der Waals surface area contributed by atoms with Crippen molar-refractivity contribution < 1.29 is 28.4 Å². The Morgan fingerprint density at radius 3 is 0.864 bits per heavy atom. The van der Waals surface area contributed by atoms with Gasteiger partial charge in [0.05, 0.1) is 64.4 Å². The maximum Gasteiger partial charge on any atom is 0.161 e. The van der Waals surface area contributed by atoms with Gasteiger partial charge in [-0.2, -0.15) is 0 Å². The van der Waals surface area contributed by atoms with E-state index in [1.54, 1.807) is 42.7 Å². The van der Waals surface area contributed by atoms with Crippen LogP contribution in [0.1, 0.15) is 0 Å². The molecular weight excluding hydrogens is 804 g/mol. The third-order valence-corrected chi connectivity index (χ3v) is 24.1. The van der Waals surface area contributed by atoms with E-state index in [0.717, 1.165) is 34.5 Å². The Morgan fingerprint density at radius 2 is 0.659 bits per heavy atom. The number of hydrogen-bond acceptors (Lipinski definition) is 12. The molecule has 44 heavy (non-hydrogen) atoms. The highest BCUT2D eigenvalue weighted by atomic mass is 35.5. The summed E-state index contributed by atoms with van der Waals surface area (Å²) in [6.45, 7) is 0. The summed E-state index contributed by atoms with van der Waals surface area (Å²) in [5.74, 6) is 4.51. The summed E-state index contributed by atoms with van der Waals surface area (Å²) in [5.41, 5.74) is -1.04. The van der Waals surface area contributed by atoms with Crippen molar-refractivity contribution in [2.75, 3.05) is 53.3 Å². The predicted molar refractivity (Wildman–Crippen MR) is 201 cm³/mol. The fraction of sp³-hybridized carbons (Fsp3) is 0.308. The molecule has 3 aromatic carbocycles. The van der Waals surface area contributed by atoms with E-state index < -0.39 is 11.1 Å². The van der Waals surface area contributed by atoms with Gasteiger partial charge in [0.1, 0.15) is 0 Å². The van der Waals surface area contributed by atoms with E-state index >= 15 is 0 Å². The van der Waals surface area contributed by atoms with Gasteiger partial charge in [-0.3, -0.25) is 0 Å². The molecule has 0 N–H and O–H groups in total. The Kier molecular flexibility index (Phi) is 17.9. The van der Waals surface area contributed by atoms with Crippen LogP contribution < -0.4 is 28.4 Å². The molecule has 0 amide bonds. The van der Waals surface area contributed by atoms with Crippen LogP contribution in [0.15, 0.2) is 65.8 Å². The topological polar surface area (TPSA) is 55.4 Å². The molecule has 2 aliphatic rings. The molecule has 6 nitrogen and oxygen atoms in total. The normalized spacial score (nSPS) is 13.5. The van der Waals surface area contributed by atoms with E-state index in [2.05, 4.69) is 36.4 Å². The molecule has 0 aliphatic carbocycles. The number of fused-ring (bicyclic) bond motifs is 2. The van der Waals surface area contributed by atoms with Gasteiger partial charge in [-0.15, -0.1) is 46.4 Å². The first kappa shape index (κ1) is 39.0. The lowest BCUT2D eigenvalue weighted by molar-refractivity contribution is 0.352. The van der Waals surface area contributed by atoms with Crippen LogP contribution in [0, 0.1) is 0 Å². The van der Waals surface area contributed by atoms with Crippen molar-refractivity contribution in [1.82, 2.24) is 0 Å². The van der Waals surface area contributed by atoms with Gasteiger partial charge in [-0.05, 0) is 36.4 Å². The SMILES string of the molecule is COc1cc(SP2Sc3cc(OC)c(OC)cc3S2)c(SP2Sc3cc(OC)c(OC)cc3S2)cc1OC.ClCCl.ClCCl. The van der Waals surface area contributed by atoms with Crippen molar-refractivity contribution in [3.8, 4) is 34.5 Å². The van der Waals surface area contributed by atoms with E-state index in [-0.39, 0.29) is 10.7 Å². The van der Waals surface area contributed by atoms with Gasteiger partial charge >= 0.3 is 0 Å². The molecule has 18 heteroatoms.